The molecule has 0 aliphatic rings. The standard InChI is InChI=1S/C12H15N3O2S2/c1-8-6-14-4-3-10(8)15-19(16,17)12-9(2)7-18-11(12)5-13/h3-4,6-7H,5,13H2,1-2H3,(H,14,15). The SMILES string of the molecule is Cc1cnccc1NS(=O)(=O)c1c(C)csc1CN. The topological polar surface area (TPSA) is 85.1 Å². The third-order valence-corrected chi connectivity index (χ3v) is 5.56. The minimum atomic E-state index is -3.61. The van der Waals surface area contributed by atoms with Gasteiger partial charge in [0.1, 0.15) is 4.90 Å². The number of rotatable bonds is 4. The highest BCUT2D eigenvalue weighted by Crippen LogP contribution is 2.28. The van der Waals surface area contributed by atoms with Crippen LogP contribution in [-0.4, -0.2) is 13.4 Å². The van der Waals surface area contributed by atoms with Crippen LogP contribution >= 0.6 is 11.3 Å². The number of thiophene rings is 1. The lowest BCUT2D eigenvalue weighted by Gasteiger charge is -2.11. The lowest BCUT2D eigenvalue weighted by atomic mass is 10.3. The van der Waals surface area contributed by atoms with E-state index in [0.717, 1.165) is 5.56 Å². The van der Waals surface area contributed by atoms with Gasteiger partial charge in [-0.2, -0.15) is 0 Å². The second-order valence-corrected chi connectivity index (χ2v) is 6.75. The van der Waals surface area contributed by atoms with Gasteiger partial charge < -0.3 is 5.73 Å². The Kier molecular flexibility index (Phi) is 3.88. The monoisotopic (exact) mass is 297 g/mol. The van der Waals surface area contributed by atoms with Crippen LogP contribution in [0, 0.1) is 13.8 Å². The molecule has 3 N–H and O–H groups in total. The molecule has 0 amide bonds. The predicted octanol–water partition coefficient (Wildman–Crippen LogP) is 2.02. The number of hydrogen-bond donors (Lipinski definition) is 2. The maximum absolute atomic E-state index is 12.4. The summed E-state index contributed by atoms with van der Waals surface area (Å²) < 4.78 is 27.5. The zero-order chi connectivity index (χ0) is 14.0. The van der Waals surface area contributed by atoms with Crippen LogP contribution in [0.15, 0.2) is 28.7 Å². The Morgan fingerprint density at radius 3 is 2.74 bits per heavy atom. The molecule has 0 unspecified atom stereocenters. The predicted molar refractivity (Wildman–Crippen MR) is 76.7 cm³/mol. The second-order valence-electron chi connectivity index (χ2n) is 4.17. The first-order chi connectivity index (χ1) is 8.95. The molecule has 102 valence electrons. The van der Waals surface area contributed by atoms with Crippen LogP contribution in [-0.2, 0) is 16.6 Å². The molecule has 19 heavy (non-hydrogen) atoms. The summed E-state index contributed by atoms with van der Waals surface area (Å²) in [6, 6.07) is 1.64. The van der Waals surface area contributed by atoms with Crippen LogP contribution in [0.5, 0.6) is 0 Å². The summed E-state index contributed by atoms with van der Waals surface area (Å²) in [6.07, 6.45) is 3.16. The zero-order valence-corrected chi connectivity index (χ0v) is 12.3. The van der Waals surface area contributed by atoms with Crippen molar-refractivity contribution in [2.75, 3.05) is 4.72 Å². The van der Waals surface area contributed by atoms with Gasteiger partial charge in [0.15, 0.2) is 0 Å². The lowest BCUT2D eigenvalue weighted by Crippen LogP contribution is -2.16. The molecule has 2 rings (SSSR count). The van der Waals surface area contributed by atoms with E-state index in [9.17, 15) is 8.42 Å². The fourth-order valence-corrected chi connectivity index (χ4v) is 4.61. The number of nitrogens with zero attached hydrogens (tertiary/aromatic N) is 1. The molecule has 0 aliphatic carbocycles. The number of hydrogen-bond acceptors (Lipinski definition) is 5. The van der Waals surface area contributed by atoms with Crippen LogP contribution in [0.3, 0.4) is 0 Å². The maximum atomic E-state index is 12.4. The van der Waals surface area contributed by atoms with Crippen molar-refractivity contribution >= 4 is 27.0 Å². The van der Waals surface area contributed by atoms with Crippen LogP contribution < -0.4 is 10.5 Å². The third kappa shape index (κ3) is 2.78. The maximum Gasteiger partial charge on any atom is 0.263 e. The Balaban J connectivity index is 2.44. The van der Waals surface area contributed by atoms with Crippen LogP contribution in [0.25, 0.3) is 0 Å². The van der Waals surface area contributed by atoms with Gasteiger partial charge in [-0.15, -0.1) is 11.3 Å². The average Bonchev–Trinajstić information content (AvgIpc) is 2.74. The Morgan fingerprint density at radius 1 is 1.37 bits per heavy atom. The van der Waals surface area contributed by atoms with Gasteiger partial charge in [0.25, 0.3) is 10.0 Å². The smallest absolute Gasteiger partial charge is 0.263 e. The van der Waals surface area contributed by atoms with Crippen molar-refractivity contribution in [2.24, 2.45) is 5.73 Å². The van der Waals surface area contributed by atoms with Crippen molar-refractivity contribution in [1.29, 1.82) is 0 Å². The molecule has 0 atom stereocenters. The van der Waals surface area contributed by atoms with Gasteiger partial charge in [-0.05, 0) is 36.4 Å². The van der Waals surface area contributed by atoms with Crippen LogP contribution in [0.1, 0.15) is 16.0 Å². The molecule has 2 heterocycles. The van der Waals surface area contributed by atoms with Gasteiger partial charge in [-0.1, -0.05) is 0 Å². The molecule has 2 aromatic heterocycles. The zero-order valence-electron chi connectivity index (χ0n) is 10.7. The van der Waals surface area contributed by atoms with Gasteiger partial charge in [0, 0.05) is 23.8 Å². The number of aromatic nitrogens is 1. The van der Waals surface area contributed by atoms with E-state index in [1.807, 2.05) is 0 Å². The lowest BCUT2D eigenvalue weighted by molar-refractivity contribution is 0.600. The van der Waals surface area contributed by atoms with E-state index < -0.39 is 10.0 Å². The molecule has 0 radical (unpaired) electrons. The summed E-state index contributed by atoms with van der Waals surface area (Å²) in [6.45, 7) is 3.78. The summed E-state index contributed by atoms with van der Waals surface area (Å²) in [5.74, 6) is 0. The number of nitrogens with two attached hydrogens (primary N) is 1. The van der Waals surface area contributed by atoms with E-state index in [1.165, 1.54) is 11.3 Å². The third-order valence-electron chi connectivity index (χ3n) is 2.71. The van der Waals surface area contributed by atoms with Gasteiger partial charge >= 0.3 is 0 Å². The Labute approximate surface area is 116 Å². The van der Waals surface area contributed by atoms with Gasteiger partial charge in [0.05, 0.1) is 5.69 Å². The van der Waals surface area contributed by atoms with E-state index in [2.05, 4.69) is 9.71 Å². The highest BCUT2D eigenvalue weighted by Gasteiger charge is 2.22. The van der Waals surface area contributed by atoms with Gasteiger partial charge in [-0.3, -0.25) is 9.71 Å². The molecule has 0 bridgehead atoms. The molecule has 0 saturated heterocycles. The molecule has 0 spiro atoms. The van der Waals surface area contributed by atoms with E-state index in [0.29, 0.717) is 16.1 Å². The fraction of sp³-hybridized carbons (Fsp3) is 0.250. The summed E-state index contributed by atoms with van der Waals surface area (Å²) in [5.41, 5.74) is 7.61. The average molecular weight is 297 g/mol. The number of pyridine rings is 1. The minimum absolute atomic E-state index is 0.212. The first-order valence-electron chi connectivity index (χ1n) is 5.66. The van der Waals surface area contributed by atoms with E-state index in [1.54, 1.807) is 37.7 Å². The van der Waals surface area contributed by atoms with E-state index in [-0.39, 0.29) is 11.4 Å². The molecular weight excluding hydrogens is 282 g/mol. The fourth-order valence-electron chi connectivity index (χ4n) is 1.77. The molecule has 7 heteroatoms. The highest BCUT2D eigenvalue weighted by molar-refractivity contribution is 7.93. The molecule has 0 aromatic carbocycles. The summed E-state index contributed by atoms with van der Waals surface area (Å²) in [7, 11) is -3.61. The molecule has 5 nitrogen and oxygen atoms in total. The van der Waals surface area contributed by atoms with Gasteiger partial charge in [-0.25, -0.2) is 8.42 Å². The van der Waals surface area contributed by atoms with Crippen molar-refractivity contribution in [1.82, 2.24) is 4.98 Å². The molecule has 0 aliphatic heterocycles. The highest BCUT2D eigenvalue weighted by atomic mass is 32.2. The van der Waals surface area contributed by atoms with Crippen molar-refractivity contribution in [3.63, 3.8) is 0 Å². The second kappa shape index (κ2) is 5.28. The Hall–Kier alpha value is -1.44. The first-order valence-corrected chi connectivity index (χ1v) is 8.02. The number of anilines is 1. The Bertz CT molecular complexity index is 693. The van der Waals surface area contributed by atoms with E-state index >= 15 is 0 Å². The van der Waals surface area contributed by atoms with Crippen LogP contribution in [0.2, 0.25) is 0 Å². The molecule has 2 aromatic rings. The largest absolute Gasteiger partial charge is 0.326 e. The van der Waals surface area contributed by atoms with Crippen molar-refractivity contribution < 1.29 is 8.42 Å². The first kappa shape index (κ1) is 14.0. The van der Waals surface area contributed by atoms with Gasteiger partial charge in [0.2, 0.25) is 0 Å². The number of sulfonamides is 1. The molecule has 0 saturated carbocycles. The van der Waals surface area contributed by atoms with Crippen molar-refractivity contribution in [2.45, 2.75) is 25.3 Å². The normalized spacial score (nSPS) is 11.5. The number of aryl methyl sites for hydroxylation is 2. The van der Waals surface area contributed by atoms with Crippen molar-refractivity contribution in [3.05, 3.63) is 39.8 Å². The van der Waals surface area contributed by atoms with E-state index in [4.69, 9.17) is 5.73 Å². The molecule has 0 fully saturated rings. The quantitative estimate of drug-likeness (QED) is 0.904. The summed E-state index contributed by atoms with van der Waals surface area (Å²) >= 11 is 1.36. The summed E-state index contributed by atoms with van der Waals surface area (Å²) in [4.78, 5) is 4.89. The van der Waals surface area contributed by atoms with Crippen LogP contribution in [0.4, 0.5) is 5.69 Å². The summed E-state index contributed by atoms with van der Waals surface area (Å²) in [5, 5.41) is 1.80. The number of nitrogens with one attached hydrogen (secondary N) is 1. The van der Waals surface area contributed by atoms with Crippen molar-refractivity contribution in [3.8, 4) is 0 Å². The minimum Gasteiger partial charge on any atom is -0.326 e. The molecular formula is C12H15N3O2S2. The Morgan fingerprint density at radius 2 is 2.11 bits per heavy atom.